The summed E-state index contributed by atoms with van der Waals surface area (Å²) >= 11 is 6.40. The average Bonchev–Trinajstić information content (AvgIpc) is 2.61. The van der Waals surface area contributed by atoms with Gasteiger partial charge in [-0.05, 0) is 28.1 Å². The van der Waals surface area contributed by atoms with Crippen LogP contribution in [-0.4, -0.2) is 30.8 Å². The van der Waals surface area contributed by atoms with E-state index in [1.165, 1.54) is 9.13 Å². The summed E-state index contributed by atoms with van der Waals surface area (Å²) in [6.45, 7) is 0. The van der Waals surface area contributed by atoms with E-state index in [1.54, 1.807) is 26.2 Å². The van der Waals surface area contributed by atoms with Crippen molar-refractivity contribution in [2.75, 3.05) is 0 Å². The molecule has 0 radical (unpaired) electrons. The number of carbonyl (C=O) groups excluding carboxylic acids is 1. The Labute approximate surface area is 136 Å². The Bertz CT molecular complexity index is 807. The predicted octanol–water partition coefficient (Wildman–Crippen LogP) is 2.06. The van der Waals surface area contributed by atoms with Gasteiger partial charge in [0.05, 0.1) is 22.3 Å². The first-order valence-electron chi connectivity index (χ1n) is 5.99. The molecule has 112 valence electrons. The SMILES string of the molecule is Cn1c(=O)n(C)c2cc(C(=O)C(Br)CC(=O)O)c(Br)cc21. The van der Waals surface area contributed by atoms with E-state index < -0.39 is 10.8 Å². The molecule has 0 saturated heterocycles. The molecule has 0 aliphatic heterocycles. The summed E-state index contributed by atoms with van der Waals surface area (Å²) < 4.78 is 3.45. The number of carbonyl (C=O) groups is 2. The van der Waals surface area contributed by atoms with Crippen LogP contribution in [0.2, 0.25) is 0 Å². The second kappa shape index (κ2) is 5.76. The monoisotopic (exact) mass is 418 g/mol. The molecule has 1 heterocycles. The number of aliphatic carboxylic acids is 1. The van der Waals surface area contributed by atoms with E-state index in [0.29, 0.717) is 21.1 Å². The fraction of sp³-hybridized carbons (Fsp3) is 0.308. The molecule has 6 nitrogen and oxygen atoms in total. The predicted molar refractivity (Wildman–Crippen MR) is 85.2 cm³/mol. The van der Waals surface area contributed by atoms with Gasteiger partial charge >= 0.3 is 11.7 Å². The summed E-state index contributed by atoms with van der Waals surface area (Å²) in [5.41, 5.74) is 1.45. The zero-order chi connectivity index (χ0) is 15.9. The molecule has 1 N–H and O–H groups in total. The number of nitrogens with zero attached hydrogens (tertiary/aromatic N) is 2. The van der Waals surface area contributed by atoms with Crippen LogP contribution < -0.4 is 5.69 Å². The highest BCUT2D eigenvalue weighted by atomic mass is 79.9. The van der Waals surface area contributed by atoms with E-state index in [-0.39, 0.29) is 17.9 Å². The van der Waals surface area contributed by atoms with Crippen LogP contribution in [0.1, 0.15) is 16.8 Å². The van der Waals surface area contributed by atoms with E-state index in [0.717, 1.165) is 0 Å². The maximum absolute atomic E-state index is 12.3. The van der Waals surface area contributed by atoms with Crippen LogP contribution in [-0.2, 0) is 18.9 Å². The fourth-order valence-electron chi connectivity index (χ4n) is 2.12. The van der Waals surface area contributed by atoms with E-state index in [1.807, 2.05) is 0 Å². The third-order valence-electron chi connectivity index (χ3n) is 3.26. The number of alkyl halides is 1. The Morgan fingerprint density at radius 1 is 1.24 bits per heavy atom. The van der Waals surface area contributed by atoms with Crippen molar-refractivity contribution in [3.8, 4) is 0 Å². The van der Waals surface area contributed by atoms with Crippen LogP contribution >= 0.6 is 31.9 Å². The molecule has 8 heteroatoms. The molecule has 1 aromatic carbocycles. The van der Waals surface area contributed by atoms with Crippen LogP contribution in [0, 0.1) is 0 Å². The lowest BCUT2D eigenvalue weighted by Crippen LogP contribution is -2.19. The number of hydrogen-bond acceptors (Lipinski definition) is 3. The Morgan fingerprint density at radius 3 is 2.29 bits per heavy atom. The number of fused-ring (bicyclic) bond motifs is 1. The Morgan fingerprint density at radius 2 is 1.76 bits per heavy atom. The molecule has 0 spiro atoms. The van der Waals surface area contributed by atoms with Crippen molar-refractivity contribution in [3.05, 3.63) is 32.7 Å². The van der Waals surface area contributed by atoms with E-state index in [2.05, 4.69) is 31.9 Å². The highest BCUT2D eigenvalue weighted by Gasteiger charge is 2.23. The summed E-state index contributed by atoms with van der Waals surface area (Å²) in [6, 6.07) is 3.28. The summed E-state index contributed by atoms with van der Waals surface area (Å²) in [5, 5.41) is 8.76. The lowest BCUT2D eigenvalue weighted by Gasteiger charge is -2.09. The maximum atomic E-state index is 12.3. The molecule has 0 fully saturated rings. The van der Waals surface area contributed by atoms with Gasteiger partial charge in [0.25, 0.3) is 0 Å². The molecule has 21 heavy (non-hydrogen) atoms. The quantitative estimate of drug-likeness (QED) is 0.607. The Kier molecular flexibility index (Phi) is 4.38. The van der Waals surface area contributed by atoms with E-state index >= 15 is 0 Å². The molecule has 0 saturated carbocycles. The minimum absolute atomic E-state index is 0.192. The summed E-state index contributed by atoms with van der Waals surface area (Å²) in [6.07, 6.45) is -0.309. The van der Waals surface area contributed by atoms with Crippen molar-refractivity contribution in [1.29, 1.82) is 0 Å². The van der Waals surface area contributed by atoms with Crippen molar-refractivity contribution in [2.24, 2.45) is 14.1 Å². The van der Waals surface area contributed by atoms with Crippen molar-refractivity contribution >= 4 is 54.6 Å². The Balaban J connectivity index is 2.58. The fourth-order valence-corrected chi connectivity index (χ4v) is 3.17. The number of aryl methyl sites for hydroxylation is 2. The van der Waals surface area contributed by atoms with Crippen LogP contribution in [0.25, 0.3) is 11.0 Å². The van der Waals surface area contributed by atoms with Gasteiger partial charge in [-0.2, -0.15) is 0 Å². The Hall–Kier alpha value is -1.41. The topological polar surface area (TPSA) is 81.3 Å². The zero-order valence-corrected chi connectivity index (χ0v) is 14.4. The second-order valence-corrected chi connectivity index (χ2v) is 6.61. The molecule has 1 aromatic heterocycles. The molecule has 0 aliphatic carbocycles. The maximum Gasteiger partial charge on any atom is 0.328 e. The van der Waals surface area contributed by atoms with Gasteiger partial charge in [-0.25, -0.2) is 4.79 Å². The first kappa shape index (κ1) is 16.0. The largest absolute Gasteiger partial charge is 0.481 e. The number of carboxylic acid groups (broad SMARTS) is 1. The van der Waals surface area contributed by atoms with Crippen LogP contribution in [0.15, 0.2) is 21.4 Å². The smallest absolute Gasteiger partial charge is 0.328 e. The first-order chi connectivity index (χ1) is 9.73. The molecule has 0 aliphatic rings. The number of carboxylic acids is 1. The standard InChI is InChI=1S/C13H12Br2N2O4/c1-16-9-3-6(12(20)8(15)5-11(18)19)7(14)4-10(9)17(2)13(16)21/h3-4,8H,5H2,1-2H3,(H,18,19). The van der Waals surface area contributed by atoms with Crippen molar-refractivity contribution in [1.82, 2.24) is 9.13 Å². The number of Topliss-reactive ketones (excluding diaryl/α,β-unsaturated/α-hetero) is 1. The first-order valence-corrected chi connectivity index (χ1v) is 7.70. The molecule has 0 bridgehead atoms. The number of ketones is 1. The lowest BCUT2D eigenvalue weighted by atomic mass is 10.1. The average molecular weight is 420 g/mol. The molecular weight excluding hydrogens is 408 g/mol. The van der Waals surface area contributed by atoms with Gasteiger partial charge in [-0.3, -0.25) is 18.7 Å². The molecular formula is C13H12Br2N2O4. The molecule has 2 aromatic rings. The van der Waals surface area contributed by atoms with E-state index in [4.69, 9.17) is 5.11 Å². The molecule has 1 unspecified atom stereocenters. The number of benzene rings is 1. The van der Waals surface area contributed by atoms with Crippen LogP contribution in [0.3, 0.4) is 0 Å². The number of halogens is 2. The third-order valence-corrected chi connectivity index (χ3v) is 4.66. The minimum Gasteiger partial charge on any atom is -0.481 e. The third kappa shape index (κ3) is 2.82. The summed E-state index contributed by atoms with van der Waals surface area (Å²) in [7, 11) is 3.27. The van der Waals surface area contributed by atoms with Gasteiger partial charge in [0.15, 0.2) is 5.78 Å². The lowest BCUT2D eigenvalue weighted by molar-refractivity contribution is -0.136. The molecule has 0 amide bonds. The zero-order valence-electron chi connectivity index (χ0n) is 11.3. The van der Waals surface area contributed by atoms with Crippen molar-refractivity contribution in [3.63, 3.8) is 0 Å². The molecule has 1 atom stereocenters. The number of imidazole rings is 1. The molecule has 2 rings (SSSR count). The normalized spacial score (nSPS) is 12.6. The second-order valence-electron chi connectivity index (χ2n) is 4.65. The van der Waals surface area contributed by atoms with Crippen LogP contribution in [0.5, 0.6) is 0 Å². The van der Waals surface area contributed by atoms with Gasteiger partial charge in [0.2, 0.25) is 0 Å². The minimum atomic E-state index is -1.06. The number of aromatic nitrogens is 2. The number of rotatable bonds is 4. The van der Waals surface area contributed by atoms with E-state index in [9.17, 15) is 14.4 Å². The van der Waals surface area contributed by atoms with Crippen LogP contribution in [0.4, 0.5) is 0 Å². The highest BCUT2D eigenvalue weighted by Crippen LogP contribution is 2.26. The van der Waals surface area contributed by atoms with Gasteiger partial charge in [-0.15, -0.1) is 0 Å². The summed E-state index contributed by atoms with van der Waals surface area (Å²) in [4.78, 5) is 34.1. The summed E-state index contributed by atoms with van der Waals surface area (Å²) in [5.74, 6) is -1.41. The van der Waals surface area contributed by atoms with Crippen molar-refractivity contribution in [2.45, 2.75) is 11.2 Å². The van der Waals surface area contributed by atoms with Gasteiger partial charge in [0.1, 0.15) is 0 Å². The van der Waals surface area contributed by atoms with Gasteiger partial charge in [-0.1, -0.05) is 15.9 Å². The van der Waals surface area contributed by atoms with Gasteiger partial charge < -0.3 is 5.11 Å². The number of hydrogen-bond donors (Lipinski definition) is 1. The van der Waals surface area contributed by atoms with Crippen molar-refractivity contribution < 1.29 is 14.7 Å². The highest BCUT2D eigenvalue weighted by molar-refractivity contribution is 9.10. The van der Waals surface area contributed by atoms with Gasteiger partial charge in [0, 0.05) is 24.1 Å².